The van der Waals surface area contributed by atoms with E-state index in [2.05, 4.69) is 5.32 Å². The van der Waals surface area contributed by atoms with Crippen molar-refractivity contribution in [1.82, 2.24) is 10.2 Å². The minimum Gasteiger partial charge on any atom is -0.463 e. The van der Waals surface area contributed by atoms with Crippen LogP contribution in [0.15, 0.2) is 24.3 Å². The van der Waals surface area contributed by atoms with Crippen LogP contribution < -0.4 is 5.32 Å². The number of hydrogen-bond donors (Lipinski definition) is 1. The first kappa shape index (κ1) is 18.0. The summed E-state index contributed by atoms with van der Waals surface area (Å²) in [5.41, 5.74) is 1.49. The van der Waals surface area contributed by atoms with E-state index >= 15 is 0 Å². The molecule has 130 valence electrons. The summed E-state index contributed by atoms with van der Waals surface area (Å²) in [6, 6.07) is 6.38. The summed E-state index contributed by atoms with van der Waals surface area (Å²) in [7, 11) is 0. The van der Waals surface area contributed by atoms with Crippen molar-refractivity contribution in [3.8, 4) is 0 Å². The molecule has 1 saturated heterocycles. The van der Waals surface area contributed by atoms with Crippen LogP contribution in [0.25, 0.3) is 0 Å². The Morgan fingerprint density at radius 2 is 2.17 bits per heavy atom. The smallest absolute Gasteiger partial charge is 0.308 e. The lowest BCUT2D eigenvalue weighted by Crippen LogP contribution is -2.57. The highest BCUT2D eigenvalue weighted by molar-refractivity contribution is 5.99. The standard InChI is InChI=1S/C18H24N2O4/c1-4-13(3)24-16(21)11-15-17(22)19-8-9-20(15)18(23)14-7-5-6-12(2)10-14/h5-7,10,13,15H,4,8-9,11H2,1-3H3,(H,19,22). The van der Waals surface area contributed by atoms with Crippen molar-refractivity contribution in [3.05, 3.63) is 35.4 Å². The van der Waals surface area contributed by atoms with E-state index in [4.69, 9.17) is 4.74 Å². The van der Waals surface area contributed by atoms with Gasteiger partial charge in [-0.3, -0.25) is 14.4 Å². The minimum atomic E-state index is -0.830. The molecule has 1 aliphatic rings. The first-order chi connectivity index (χ1) is 11.4. The van der Waals surface area contributed by atoms with Crippen LogP contribution in [0.4, 0.5) is 0 Å². The van der Waals surface area contributed by atoms with Gasteiger partial charge >= 0.3 is 5.97 Å². The summed E-state index contributed by atoms with van der Waals surface area (Å²) < 4.78 is 5.25. The molecule has 0 aromatic heterocycles. The summed E-state index contributed by atoms with van der Waals surface area (Å²) in [6.45, 7) is 6.38. The quantitative estimate of drug-likeness (QED) is 0.832. The Labute approximate surface area is 142 Å². The predicted octanol–water partition coefficient (Wildman–Crippen LogP) is 1.67. The average Bonchev–Trinajstić information content (AvgIpc) is 2.56. The maximum atomic E-state index is 12.8. The molecule has 1 aliphatic heterocycles. The highest BCUT2D eigenvalue weighted by atomic mass is 16.5. The van der Waals surface area contributed by atoms with Crippen molar-refractivity contribution < 1.29 is 19.1 Å². The molecule has 1 N–H and O–H groups in total. The highest BCUT2D eigenvalue weighted by Gasteiger charge is 2.35. The molecule has 1 aromatic carbocycles. The van der Waals surface area contributed by atoms with Crippen LogP contribution in [0.1, 0.15) is 42.6 Å². The van der Waals surface area contributed by atoms with Gasteiger partial charge < -0.3 is 15.0 Å². The van der Waals surface area contributed by atoms with E-state index in [0.29, 0.717) is 25.1 Å². The van der Waals surface area contributed by atoms with Gasteiger partial charge in [0.2, 0.25) is 5.91 Å². The number of rotatable bonds is 5. The van der Waals surface area contributed by atoms with E-state index in [-0.39, 0.29) is 24.3 Å². The second kappa shape index (κ2) is 7.95. The number of amides is 2. The van der Waals surface area contributed by atoms with E-state index in [1.165, 1.54) is 4.90 Å². The van der Waals surface area contributed by atoms with Gasteiger partial charge in [-0.15, -0.1) is 0 Å². The Bertz CT molecular complexity index is 629. The number of ether oxygens (including phenoxy) is 1. The molecule has 2 atom stereocenters. The summed E-state index contributed by atoms with van der Waals surface area (Å²) in [4.78, 5) is 38.5. The number of piperazine rings is 1. The second-order valence-corrected chi connectivity index (χ2v) is 6.09. The molecule has 6 nitrogen and oxygen atoms in total. The zero-order valence-corrected chi connectivity index (χ0v) is 14.4. The molecule has 2 rings (SSSR count). The summed E-state index contributed by atoms with van der Waals surface area (Å²) in [6.07, 6.45) is 0.368. The van der Waals surface area contributed by atoms with Crippen molar-refractivity contribution in [1.29, 1.82) is 0 Å². The molecule has 1 fully saturated rings. The van der Waals surface area contributed by atoms with Gasteiger partial charge in [-0.25, -0.2) is 0 Å². The fourth-order valence-corrected chi connectivity index (χ4v) is 2.62. The Hall–Kier alpha value is -2.37. The molecule has 6 heteroatoms. The lowest BCUT2D eigenvalue weighted by molar-refractivity contribution is -0.151. The molecule has 2 unspecified atom stereocenters. The Morgan fingerprint density at radius 1 is 1.42 bits per heavy atom. The van der Waals surface area contributed by atoms with Crippen molar-refractivity contribution in [2.45, 2.75) is 45.8 Å². The number of hydrogen-bond acceptors (Lipinski definition) is 4. The van der Waals surface area contributed by atoms with Crippen molar-refractivity contribution in [3.63, 3.8) is 0 Å². The first-order valence-corrected chi connectivity index (χ1v) is 8.27. The third-order valence-electron chi connectivity index (χ3n) is 4.12. The number of carbonyl (C=O) groups is 3. The van der Waals surface area contributed by atoms with Gasteiger partial charge in [0.1, 0.15) is 6.04 Å². The van der Waals surface area contributed by atoms with E-state index in [1.54, 1.807) is 25.1 Å². The van der Waals surface area contributed by atoms with Crippen LogP contribution in [0.2, 0.25) is 0 Å². The molecule has 0 saturated carbocycles. The minimum absolute atomic E-state index is 0.131. The van der Waals surface area contributed by atoms with Gasteiger partial charge in [0, 0.05) is 18.7 Å². The molecule has 0 aliphatic carbocycles. The van der Waals surface area contributed by atoms with Crippen LogP contribution in [0.5, 0.6) is 0 Å². The monoisotopic (exact) mass is 332 g/mol. The zero-order valence-electron chi connectivity index (χ0n) is 14.4. The van der Waals surface area contributed by atoms with Gasteiger partial charge in [0.05, 0.1) is 12.5 Å². The SMILES string of the molecule is CCC(C)OC(=O)CC1C(=O)NCCN1C(=O)c1cccc(C)c1. The highest BCUT2D eigenvalue weighted by Crippen LogP contribution is 2.16. The van der Waals surface area contributed by atoms with Crippen LogP contribution in [0, 0.1) is 6.92 Å². The van der Waals surface area contributed by atoms with Crippen LogP contribution in [-0.2, 0) is 14.3 Å². The maximum Gasteiger partial charge on any atom is 0.308 e. The van der Waals surface area contributed by atoms with Crippen LogP contribution in [0.3, 0.4) is 0 Å². The molecule has 1 aromatic rings. The first-order valence-electron chi connectivity index (χ1n) is 8.27. The summed E-state index contributed by atoms with van der Waals surface area (Å²) in [5, 5.41) is 2.71. The number of esters is 1. The molecule has 24 heavy (non-hydrogen) atoms. The Balaban J connectivity index is 2.15. The second-order valence-electron chi connectivity index (χ2n) is 6.09. The normalized spacial score (nSPS) is 18.7. The van der Waals surface area contributed by atoms with Crippen LogP contribution in [-0.4, -0.2) is 47.9 Å². The molecular weight excluding hydrogens is 308 g/mol. The van der Waals surface area contributed by atoms with Crippen molar-refractivity contribution >= 4 is 17.8 Å². The van der Waals surface area contributed by atoms with Crippen molar-refractivity contribution in [2.24, 2.45) is 0 Å². The van der Waals surface area contributed by atoms with E-state index in [0.717, 1.165) is 5.56 Å². The molecule has 0 spiro atoms. The van der Waals surface area contributed by atoms with Gasteiger partial charge in [-0.2, -0.15) is 0 Å². The maximum absolute atomic E-state index is 12.8. The number of nitrogens with one attached hydrogen (secondary N) is 1. The van der Waals surface area contributed by atoms with E-state index < -0.39 is 12.0 Å². The number of nitrogens with zero attached hydrogens (tertiary/aromatic N) is 1. The van der Waals surface area contributed by atoms with Gasteiger partial charge in [0.25, 0.3) is 5.91 Å². The van der Waals surface area contributed by atoms with Gasteiger partial charge in [-0.1, -0.05) is 24.6 Å². The van der Waals surface area contributed by atoms with Gasteiger partial charge in [-0.05, 0) is 32.4 Å². The van der Waals surface area contributed by atoms with Crippen molar-refractivity contribution in [2.75, 3.05) is 13.1 Å². The molecule has 0 radical (unpaired) electrons. The average molecular weight is 332 g/mol. The predicted molar refractivity (Wildman–Crippen MR) is 89.5 cm³/mol. The third-order valence-corrected chi connectivity index (χ3v) is 4.12. The lowest BCUT2D eigenvalue weighted by atomic mass is 10.1. The number of aryl methyl sites for hydroxylation is 1. The van der Waals surface area contributed by atoms with Gasteiger partial charge in [0.15, 0.2) is 0 Å². The fraction of sp³-hybridized carbons (Fsp3) is 0.500. The molecule has 1 heterocycles. The zero-order chi connectivity index (χ0) is 17.7. The summed E-state index contributed by atoms with van der Waals surface area (Å²) >= 11 is 0. The topological polar surface area (TPSA) is 75.7 Å². The summed E-state index contributed by atoms with van der Waals surface area (Å²) in [5.74, 6) is -1.02. The number of carbonyl (C=O) groups excluding carboxylic acids is 3. The molecular formula is C18H24N2O4. The largest absolute Gasteiger partial charge is 0.463 e. The number of benzene rings is 1. The molecule has 2 amide bonds. The Kier molecular flexibility index (Phi) is 5.95. The lowest BCUT2D eigenvalue weighted by Gasteiger charge is -2.34. The fourth-order valence-electron chi connectivity index (χ4n) is 2.62. The Morgan fingerprint density at radius 3 is 2.83 bits per heavy atom. The van der Waals surface area contributed by atoms with Crippen LogP contribution >= 0.6 is 0 Å². The van der Waals surface area contributed by atoms with E-state index in [9.17, 15) is 14.4 Å². The third kappa shape index (κ3) is 4.34. The van der Waals surface area contributed by atoms with E-state index in [1.807, 2.05) is 19.9 Å². The molecule has 0 bridgehead atoms.